The fourth-order valence-corrected chi connectivity index (χ4v) is 2.71. The van der Waals surface area contributed by atoms with Crippen LogP contribution in [0.1, 0.15) is 27.0 Å². The maximum atomic E-state index is 13.2. The van der Waals surface area contributed by atoms with Crippen LogP contribution in [0.2, 0.25) is 0 Å². The molecule has 0 aliphatic heterocycles. The number of ketones is 1. The molecule has 0 aromatic heterocycles. The van der Waals surface area contributed by atoms with Gasteiger partial charge in [0.05, 0.1) is 40.6 Å². The van der Waals surface area contributed by atoms with Gasteiger partial charge in [0.2, 0.25) is 0 Å². The van der Waals surface area contributed by atoms with E-state index < -0.39 is 0 Å². The van der Waals surface area contributed by atoms with Gasteiger partial charge in [-0.25, -0.2) is 0 Å². The minimum Gasteiger partial charge on any atom is -0.497 e. The molecule has 0 amide bonds. The number of ether oxygens (including phenoxy) is 5. The van der Waals surface area contributed by atoms with Gasteiger partial charge in [-0.2, -0.15) is 0 Å². The third kappa shape index (κ3) is 5.53. The fraction of sp³-hybridized carbons (Fsp3) is 0.381. The van der Waals surface area contributed by atoms with E-state index in [-0.39, 0.29) is 25.8 Å². The molecule has 2 rings (SSSR count). The lowest BCUT2D eigenvalue weighted by Crippen LogP contribution is -2.12. The first-order chi connectivity index (χ1) is 13.7. The van der Waals surface area contributed by atoms with Gasteiger partial charge in [-0.1, -0.05) is 24.3 Å². The molecule has 7 heteroatoms. The van der Waals surface area contributed by atoms with E-state index in [1.54, 1.807) is 31.4 Å². The molecule has 2 aromatic rings. The molecule has 0 radical (unpaired) electrons. The van der Waals surface area contributed by atoms with Crippen molar-refractivity contribution >= 4 is 5.78 Å². The first-order valence-electron chi connectivity index (χ1n) is 8.79. The van der Waals surface area contributed by atoms with Gasteiger partial charge in [0.15, 0.2) is 5.78 Å². The van der Waals surface area contributed by atoms with Crippen molar-refractivity contribution in [2.45, 2.75) is 13.2 Å². The van der Waals surface area contributed by atoms with Crippen molar-refractivity contribution in [3.05, 3.63) is 58.7 Å². The molecule has 28 heavy (non-hydrogen) atoms. The second-order valence-electron chi connectivity index (χ2n) is 5.87. The van der Waals surface area contributed by atoms with Crippen LogP contribution in [-0.2, 0) is 27.4 Å². The summed E-state index contributed by atoms with van der Waals surface area (Å²) in [6.45, 7) is 0.895. The number of carbonyl (C=O) groups excluding carboxylic acids is 1. The molecule has 0 heterocycles. The van der Waals surface area contributed by atoms with Crippen LogP contribution in [0, 0.1) is 0 Å². The van der Waals surface area contributed by atoms with Crippen molar-refractivity contribution in [2.24, 2.45) is 0 Å². The average Bonchev–Trinajstić information content (AvgIpc) is 2.74. The Kier molecular flexibility index (Phi) is 8.90. The maximum Gasteiger partial charge on any atom is 0.194 e. The number of hydrogen-bond acceptors (Lipinski definition) is 7. The molecule has 152 valence electrons. The van der Waals surface area contributed by atoms with Gasteiger partial charge < -0.3 is 28.8 Å². The van der Waals surface area contributed by atoms with Gasteiger partial charge in [-0.15, -0.1) is 0 Å². The van der Waals surface area contributed by atoms with E-state index in [1.165, 1.54) is 14.2 Å². The summed E-state index contributed by atoms with van der Waals surface area (Å²) in [4.78, 5) is 13.2. The van der Waals surface area contributed by atoms with E-state index in [0.29, 0.717) is 47.0 Å². The van der Waals surface area contributed by atoms with Crippen LogP contribution in [-0.4, -0.2) is 52.2 Å². The van der Waals surface area contributed by atoms with Crippen molar-refractivity contribution in [2.75, 3.05) is 41.3 Å². The van der Waals surface area contributed by atoms with Crippen LogP contribution < -0.4 is 9.47 Å². The maximum absolute atomic E-state index is 13.2. The average molecular weight is 390 g/mol. The van der Waals surface area contributed by atoms with E-state index >= 15 is 0 Å². The van der Waals surface area contributed by atoms with E-state index in [9.17, 15) is 9.90 Å². The lowest BCUT2D eigenvalue weighted by Gasteiger charge is -2.15. The van der Waals surface area contributed by atoms with Crippen LogP contribution >= 0.6 is 0 Å². The zero-order valence-corrected chi connectivity index (χ0v) is 16.4. The molecule has 1 N–H and O–H groups in total. The highest BCUT2D eigenvalue weighted by Gasteiger charge is 2.21. The topological polar surface area (TPSA) is 83.5 Å². The molecule has 7 nitrogen and oxygen atoms in total. The Morgan fingerprint density at radius 3 is 2.43 bits per heavy atom. The summed E-state index contributed by atoms with van der Waals surface area (Å²) in [7, 11) is 4.58. The molecule has 0 bridgehead atoms. The minimum atomic E-state index is -0.333. The smallest absolute Gasteiger partial charge is 0.194 e. The van der Waals surface area contributed by atoms with Gasteiger partial charge in [0.1, 0.15) is 18.3 Å². The predicted molar refractivity (Wildman–Crippen MR) is 103 cm³/mol. The molecule has 0 unspecified atom stereocenters. The number of rotatable bonds is 12. The number of benzene rings is 2. The molecular formula is C21H26O7. The van der Waals surface area contributed by atoms with E-state index in [2.05, 4.69) is 0 Å². The number of hydrogen-bond donors (Lipinski definition) is 1. The van der Waals surface area contributed by atoms with Gasteiger partial charge in [-0.05, 0) is 11.6 Å². The molecule has 0 aliphatic rings. The zero-order chi connectivity index (χ0) is 20.4. The van der Waals surface area contributed by atoms with Gasteiger partial charge >= 0.3 is 0 Å². The Morgan fingerprint density at radius 1 is 0.964 bits per heavy atom. The van der Waals surface area contributed by atoms with Gasteiger partial charge in [0.25, 0.3) is 0 Å². The summed E-state index contributed by atoms with van der Waals surface area (Å²) in [6.07, 6.45) is 0. The Hall–Kier alpha value is -2.45. The molecule has 0 saturated carbocycles. The quantitative estimate of drug-likeness (QED) is 0.339. The van der Waals surface area contributed by atoms with Gasteiger partial charge in [-0.3, -0.25) is 4.79 Å². The van der Waals surface area contributed by atoms with Crippen molar-refractivity contribution in [1.29, 1.82) is 0 Å². The highest BCUT2D eigenvalue weighted by molar-refractivity contribution is 6.11. The summed E-state index contributed by atoms with van der Waals surface area (Å²) < 4.78 is 26.3. The monoisotopic (exact) mass is 390 g/mol. The Labute approximate surface area is 164 Å². The second-order valence-corrected chi connectivity index (χ2v) is 5.87. The van der Waals surface area contributed by atoms with E-state index in [4.69, 9.17) is 23.7 Å². The Balaban J connectivity index is 2.25. The molecule has 0 fully saturated rings. The molecule has 0 atom stereocenters. The van der Waals surface area contributed by atoms with Crippen molar-refractivity contribution in [3.63, 3.8) is 0 Å². The number of aliphatic hydroxyl groups is 1. The SMILES string of the molecule is COCCOCOCc1ccccc1C(=O)c1cc(OC)cc(OC)c1CO. The van der Waals surface area contributed by atoms with Crippen LogP contribution in [0.3, 0.4) is 0 Å². The van der Waals surface area contributed by atoms with Crippen molar-refractivity contribution < 1.29 is 33.6 Å². The number of aliphatic hydroxyl groups excluding tert-OH is 1. The normalized spacial score (nSPS) is 10.7. The Morgan fingerprint density at radius 2 is 1.75 bits per heavy atom. The summed E-state index contributed by atoms with van der Waals surface area (Å²) >= 11 is 0. The predicted octanol–water partition coefficient (Wildman–Crippen LogP) is 2.56. The number of carbonyl (C=O) groups is 1. The molecule has 0 spiro atoms. The van der Waals surface area contributed by atoms with Crippen molar-refractivity contribution in [3.8, 4) is 11.5 Å². The number of methoxy groups -OCH3 is 3. The Bertz CT molecular complexity index is 773. The minimum absolute atomic E-state index is 0.0980. The lowest BCUT2D eigenvalue weighted by atomic mass is 9.94. The summed E-state index contributed by atoms with van der Waals surface area (Å²) in [5.41, 5.74) is 1.92. The van der Waals surface area contributed by atoms with Crippen LogP contribution in [0.15, 0.2) is 36.4 Å². The third-order valence-corrected chi connectivity index (χ3v) is 4.16. The summed E-state index contributed by atoms with van der Waals surface area (Å²) in [5.74, 6) is 0.615. The zero-order valence-electron chi connectivity index (χ0n) is 16.4. The van der Waals surface area contributed by atoms with Crippen molar-refractivity contribution in [1.82, 2.24) is 0 Å². The fourth-order valence-electron chi connectivity index (χ4n) is 2.71. The van der Waals surface area contributed by atoms with Gasteiger partial charge in [0, 0.05) is 29.9 Å². The molecule has 0 saturated heterocycles. The first kappa shape index (κ1) is 21.8. The molecular weight excluding hydrogens is 364 g/mol. The largest absolute Gasteiger partial charge is 0.497 e. The standard InChI is InChI=1S/C21H26O7/c1-24-8-9-27-14-28-13-15-6-4-5-7-17(15)21(23)18-10-16(25-2)11-20(26-3)19(18)12-22/h4-7,10-11,22H,8-9,12-14H2,1-3H3. The van der Waals surface area contributed by atoms with Crippen LogP contribution in [0.5, 0.6) is 11.5 Å². The van der Waals surface area contributed by atoms with E-state index in [0.717, 1.165) is 0 Å². The van der Waals surface area contributed by atoms with Crippen LogP contribution in [0.25, 0.3) is 0 Å². The van der Waals surface area contributed by atoms with E-state index in [1.807, 2.05) is 12.1 Å². The molecule has 2 aromatic carbocycles. The second kappa shape index (κ2) is 11.4. The summed E-state index contributed by atoms with van der Waals surface area (Å²) in [6, 6.07) is 10.4. The first-order valence-corrected chi connectivity index (χ1v) is 8.79. The highest BCUT2D eigenvalue weighted by Crippen LogP contribution is 2.31. The molecule has 0 aliphatic carbocycles. The van der Waals surface area contributed by atoms with Crippen LogP contribution in [0.4, 0.5) is 0 Å². The highest BCUT2D eigenvalue weighted by atomic mass is 16.7. The summed E-state index contributed by atoms with van der Waals surface area (Å²) in [5, 5.41) is 9.78. The third-order valence-electron chi connectivity index (χ3n) is 4.16. The lowest BCUT2D eigenvalue weighted by molar-refractivity contribution is -0.0725.